The zero-order chi connectivity index (χ0) is 18.6. The molecule has 0 saturated carbocycles. The van der Waals surface area contributed by atoms with Gasteiger partial charge in [-0.2, -0.15) is 0 Å². The van der Waals surface area contributed by atoms with E-state index in [1.807, 2.05) is 0 Å². The van der Waals surface area contributed by atoms with Crippen LogP contribution in [0.3, 0.4) is 0 Å². The van der Waals surface area contributed by atoms with Crippen molar-refractivity contribution in [2.75, 3.05) is 19.8 Å². The molecule has 2 fully saturated rings. The van der Waals surface area contributed by atoms with Gasteiger partial charge in [-0.05, 0) is 32.0 Å². The molecule has 2 amide bonds. The fourth-order valence-electron chi connectivity index (χ4n) is 4.58. The van der Waals surface area contributed by atoms with E-state index in [2.05, 4.69) is 5.32 Å². The highest BCUT2D eigenvalue weighted by molar-refractivity contribution is 6.30. The van der Waals surface area contributed by atoms with Gasteiger partial charge in [0.25, 0.3) is 0 Å². The molecule has 0 bridgehead atoms. The lowest BCUT2D eigenvalue weighted by atomic mass is 9.77. The molecule has 1 N–H and O–H groups in total. The topological polar surface area (TPSA) is 84.9 Å². The third-order valence-electron chi connectivity index (χ3n) is 5.61. The van der Waals surface area contributed by atoms with Crippen molar-refractivity contribution in [3.8, 4) is 5.75 Å². The number of hydrogen-bond acceptors (Lipinski definition) is 5. The lowest BCUT2D eigenvalue weighted by molar-refractivity contribution is -0.162. The van der Waals surface area contributed by atoms with Gasteiger partial charge in [-0.1, -0.05) is 11.6 Å². The Morgan fingerprint density at radius 1 is 1.46 bits per heavy atom. The second kappa shape index (κ2) is 5.87. The maximum absolute atomic E-state index is 12.8. The number of esters is 1. The first-order chi connectivity index (χ1) is 12.4. The number of carbonyl (C=O) groups is 3. The molecule has 1 aromatic rings. The van der Waals surface area contributed by atoms with Crippen LogP contribution in [-0.4, -0.2) is 48.0 Å². The summed E-state index contributed by atoms with van der Waals surface area (Å²) < 4.78 is 11.1. The number of halogens is 1. The second-order valence-corrected chi connectivity index (χ2v) is 7.36. The molecular weight excluding hydrogens is 360 g/mol. The van der Waals surface area contributed by atoms with Crippen molar-refractivity contribution in [1.29, 1.82) is 0 Å². The first kappa shape index (κ1) is 17.1. The standard InChI is InChI=1S/C18H19ClN2O5/c1-3-25-16(23)14-11-8-26-12-5-4-9(19)6-10(12)15(11)21-13(22)7-20-17(24)18(14,21)2/h4-6,11,14-15H,3,7-8H2,1-2H3,(H,20,24)/t11-,14-,15+,18-/m1/s1. The van der Waals surface area contributed by atoms with E-state index >= 15 is 0 Å². The van der Waals surface area contributed by atoms with Gasteiger partial charge in [-0.15, -0.1) is 0 Å². The quantitative estimate of drug-likeness (QED) is 0.784. The van der Waals surface area contributed by atoms with Crippen molar-refractivity contribution in [2.45, 2.75) is 25.4 Å². The second-order valence-electron chi connectivity index (χ2n) is 6.93. The van der Waals surface area contributed by atoms with Crippen LogP contribution in [0, 0.1) is 11.8 Å². The molecule has 0 radical (unpaired) electrons. The summed E-state index contributed by atoms with van der Waals surface area (Å²) in [5.74, 6) is -1.68. The van der Waals surface area contributed by atoms with E-state index in [9.17, 15) is 14.4 Å². The Morgan fingerprint density at radius 2 is 2.23 bits per heavy atom. The van der Waals surface area contributed by atoms with E-state index in [1.54, 1.807) is 32.0 Å². The first-order valence-electron chi connectivity index (χ1n) is 8.59. The van der Waals surface area contributed by atoms with E-state index in [0.717, 1.165) is 5.56 Å². The molecule has 26 heavy (non-hydrogen) atoms. The maximum Gasteiger partial charge on any atom is 0.312 e. The molecule has 2 saturated heterocycles. The highest BCUT2D eigenvalue weighted by Crippen LogP contribution is 2.56. The van der Waals surface area contributed by atoms with Gasteiger partial charge in [0.2, 0.25) is 11.8 Å². The summed E-state index contributed by atoms with van der Waals surface area (Å²) in [4.78, 5) is 39.9. The zero-order valence-electron chi connectivity index (χ0n) is 14.5. The minimum absolute atomic E-state index is 0.0933. The van der Waals surface area contributed by atoms with Gasteiger partial charge in [0, 0.05) is 16.5 Å². The summed E-state index contributed by atoms with van der Waals surface area (Å²) in [7, 11) is 0. The van der Waals surface area contributed by atoms with Crippen molar-refractivity contribution in [3.05, 3.63) is 28.8 Å². The van der Waals surface area contributed by atoms with Crippen molar-refractivity contribution in [2.24, 2.45) is 11.8 Å². The summed E-state index contributed by atoms with van der Waals surface area (Å²) in [5, 5.41) is 3.11. The van der Waals surface area contributed by atoms with Crippen LogP contribution in [-0.2, 0) is 19.1 Å². The molecule has 4 rings (SSSR count). The molecule has 0 aliphatic carbocycles. The van der Waals surface area contributed by atoms with Gasteiger partial charge in [0.1, 0.15) is 11.3 Å². The Bertz CT molecular complexity index is 813. The Hall–Kier alpha value is -2.28. The fraction of sp³-hybridized carbons (Fsp3) is 0.500. The molecule has 0 spiro atoms. The van der Waals surface area contributed by atoms with Crippen molar-refractivity contribution in [3.63, 3.8) is 0 Å². The summed E-state index contributed by atoms with van der Waals surface area (Å²) in [6, 6.07) is 4.73. The Balaban J connectivity index is 1.90. The first-order valence-corrected chi connectivity index (χ1v) is 8.96. The van der Waals surface area contributed by atoms with E-state index in [1.165, 1.54) is 4.90 Å². The molecule has 8 heteroatoms. The van der Waals surface area contributed by atoms with Crippen LogP contribution >= 0.6 is 11.6 Å². The molecule has 0 unspecified atom stereocenters. The van der Waals surface area contributed by atoms with Gasteiger partial charge in [-0.3, -0.25) is 14.4 Å². The molecule has 1 aromatic carbocycles. The molecule has 3 heterocycles. The summed E-state index contributed by atoms with van der Waals surface area (Å²) >= 11 is 6.16. The van der Waals surface area contributed by atoms with Crippen LogP contribution in [0.15, 0.2) is 18.2 Å². The van der Waals surface area contributed by atoms with Crippen LogP contribution in [0.5, 0.6) is 5.75 Å². The minimum atomic E-state index is -1.33. The smallest absolute Gasteiger partial charge is 0.312 e. The SMILES string of the molecule is CCOC(=O)[C@H]1[C@H]2COc3ccc(Cl)cc3[C@@H]2N2C(=O)CNC(=O)[C@@]12C. The predicted molar refractivity (Wildman–Crippen MR) is 91.6 cm³/mol. The van der Waals surface area contributed by atoms with Crippen LogP contribution in [0.2, 0.25) is 5.02 Å². The Kier molecular flexibility index (Phi) is 3.87. The van der Waals surface area contributed by atoms with Crippen LogP contribution in [0.25, 0.3) is 0 Å². The number of nitrogens with one attached hydrogen (secondary N) is 1. The number of rotatable bonds is 2. The summed E-state index contributed by atoms with van der Waals surface area (Å²) in [5.41, 5.74) is -0.612. The monoisotopic (exact) mass is 378 g/mol. The zero-order valence-corrected chi connectivity index (χ0v) is 15.2. The molecule has 138 valence electrons. The third kappa shape index (κ3) is 2.16. The number of carbonyl (C=O) groups excluding carboxylic acids is 3. The number of hydrogen-bond donors (Lipinski definition) is 1. The average molecular weight is 379 g/mol. The fourth-order valence-corrected chi connectivity index (χ4v) is 4.76. The number of amides is 2. The van der Waals surface area contributed by atoms with Crippen molar-refractivity contribution >= 4 is 29.4 Å². The van der Waals surface area contributed by atoms with E-state index < -0.39 is 29.4 Å². The number of nitrogens with zero attached hydrogens (tertiary/aromatic N) is 1. The van der Waals surface area contributed by atoms with Crippen LogP contribution < -0.4 is 10.1 Å². The third-order valence-corrected chi connectivity index (χ3v) is 5.84. The lowest BCUT2D eigenvalue weighted by Gasteiger charge is -2.42. The van der Waals surface area contributed by atoms with Gasteiger partial charge < -0.3 is 19.7 Å². The van der Waals surface area contributed by atoms with Crippen molar-refractivity contribution in [1.82, 2.24) is 10.2 Å². The number of fused-ring (bicyclic) bond motifs is 5. The van der Waals surface area contributed by atoms with Gasteiger partial charge >= 0.3 is 5.97 Å². The molecule has 7 nitrogen and oxygen atoms in total. The lowest BCUT2D eigenvalue weighted by Crippen LogP contribution is -2.66. The molecule has 4 atom stereocenters. The highest BCUT2D eigenvalue weighted by atomic mass is 35.5. The van der Waals surface area contributed by atoms with Gasteiger partial charge in [0.05, 0.1) is 31.7 Å². The Labute approximate surface area is 155 Å². The number of piperazine rings is 1. The van der Waals surface area contributed by atoms with E-state index in [0.29, 0.717) is 10.8 Å². The van der Waals surface area contributed by atoms with Gasteiger partial charge in [0.15, 0.2) is 0 Å². The average Bonchev–Trinajstić information content (AvgIpc) is 2.89. The highest BCUT2D eigenvalue weighted by Gasteiger charge is 2.67. The van der Waals surface area contributed by atoms with Crippen molar-refractivity contribution < 1.29 is 23.9 Å². The van der Waals surface area contributed by atoms with Crippen LogP contribution in [0.1, 0.15) is 25.5 Å². The maximum atomic E-state index is 12.8. The molecular formula is C18H19ClN2O5. The number of ether oxygens (including phenoxy) is 2. The van der Waals surface area contributed by atoms with E-state index in [4.69, 9.17) is 21.1 Å². The molecule has 0 aromatic heterocycles. The summed E-state index contributed by atoms with van der Waals surface area (Å²) in [6.45, 7) is 3.66. The molecule has 3 aliphatic heterocycles. The Morgan fingerprint density at radius 3 is 2.96 bits per heavy atom. The molecule has 3 aliphatic rings. The van der Waals surface area contributed by atoms with Crippen LogP contribution in [0.4, 0.5) is 0 Å². The summed E-state index contributed by atoms with van der Waals surface area (Å²) in [6.07, 6.45) is 0. The van der Waals surface area contributed by atoms with E-state index in [-0.39, 0.29) is 31.6 Å². The predicted octanol–water partition coefficient (Wildman–Crippen LogP) is 1.30. The number of benzene rings is 1. The minimum Gasteiger partial charge on any atom is -0.493 e. The van der Waals surface area contributed by atoms with Gasteiger partial charge in [-0.25, -0.2) is 0 Å². The normalized spacial score (nSPS) is 32.1. The largest absolute Gasteiger partial charge is 0.493 e.